The summed E-state index contributed by atoms with van der Waals surface area (Å²) in [6.07, 6.45) is 22.4. The molecule has 0 saturated carbocycles. The van der Waals surface area contributed by atoms with E-state index in [1.807, 2.05) is 0 Å². The second-order valence-corrected chi connectivity index (χ2v) is 9.86. The second-order valence-electron chi connectivity index (χ2n) is 8.25. The lowest BCUT2D eigenvalue weighted by molar-refractivity contribution is 0.306. The van der Waals surface area contributed by atoms with Gasteiger partial charge in [-0.05, 0) is 18.6 Å². The summed E-state index contributed by atoms with van der Waals surface area (Å²) in [4.78, 5) is 0.243. The lowest BCUT2D eigenvalue weighted by Crippen LogP contribution is -2.07. The van der Waals surface area contributed by atoms with E-state index in [0.29, 0.717) is 0 Å². The summed E-state index contributed by atoms with van der Waals surface area (Å²) in [7, 11) is -3.58. The zero-order chi connectivity index (χ0) is 21.0. The van der Waals surface area contributed by atoms with Gasteiger partial charge in [-0.15, -0.1) is 0 Å². The van der Waals surface area contributed by atoms with Gasteiger partial charge in [-0.3, -0.25) is 4.18 Å². The van der Waals surface area contributed by atoms with Crippen molar-refractivity contribution in [1.82, 2.24) is 0 Å². The molecule has 0 bridgehead atoms. The van der Waals surface area contributed by atoms with E-state index in [4.69, 9.17) is 4.18 Å². The molecule has 0 fully saturated rings. The third-order valence-electron chi connectivity index (χ3n) is 5.52. The maximum absolute atomic E-state index is 12.0. The van der Waals surface area contributed by atoms with E-state index in [-0.39, 0.29) is 11.5 Å². The van der Waals surface area contributed by atoms with Crippen LogP contribution in [0.4, 0.5) is 0 Å². The fourth-order valence-electron chi connectivity index (χ4n) is 3.65. The average Bonchev–Trinajstić information content (AvgIpc) is 2.73. The molecule has 0 aliphatic heterocycles. The number of hydrogen-bond acceptors (Lipinski definition) is 3. The highest BCUT2D eigenvalue weighted by atomic mass is 32.2. The van der Waals surface area contributed by atoms with Crippen molar-refractivity contribution in [3.8, 4) is 0 Å². The van der Waals surface area contributed by atoms with Gasteiger partial charge in [0.25, 0.3) is 10.1 Å². The standard InChI is InChI=1S/C25H44O3S/c1-2-3-4-5-6-7-8-9-10-11-12-13-14-15-16-17-21-24-28-29(26,27)25-22-19-18-20-23-25/h18-20,22-23H,2-17,21,24H2,1H3. The van der Waals surface area contributed by atoms with E-state index < -0.39 is 10.1 Å². The molecule has 1 aromatic carbocycles. The molecular formula is C25H44O3S. The molecule has 0 atom stereocenters. The summed E-state index contributed by atoms with van der Waals surface area (Å²) in [5, 5.41) is 0. The van der Waals surface area contributed by atoms with Crippen LogP contribution in [-0.2, 0) is 14.3 Å². The summed E-state index contributed by atoms with van der Waals surface area (Å²) in [6.45, 7) is 2.56. The van der Waals surface area contributed by atoms with E-state index in [9.17, 15) is 8.42 Å². The van der Waals surface area contributed by atoms with Gasteiger partial charge in [0.1, 0.15) is 0 Å². The quantitative estimate of drug-likeness (QED) is 0.157. The van der Waals surface area contributed by atoms with Gasteiger partial charge >= 0.3 is 0 Å². The van der Waals surface area contributed by atoms with Crippen molar-refractivity contribution in [1.29, 1.82) is 0 Å². The molecule has 0 radical (unpaired) electrons. The van der Waals surface area contributed by atoms with Crippen LogP contribution in [0.3, 0.4) is 0 Å². The van der Waals surface area contributed by atoms with E-state index in [0.717, 1.165) is 12.8 Å². The van der Waals surface area contributed by atoms with Crippen molar-refractivity contribution in [3.63, 3.8) is 0 Å². The third kappa shape index (κ3) is 14.7. The number of hydrogen-bond donors (Lipinski definition) is 0. The molecule has 0 N–H and O–H groups in total. The van der Waals surface area contributed by atoms with Gasteiger partial charge in [-0.2, -0.15) is 8.42 Å². The third-order valence-corrected chi connectivity index (χ3v) is 6.84. The fourth-order valence-corrected chi connectivity index (χ4v) is 4.61. The molecule has 0 aliphatic rings. The zero-order valence-electron chi connectivity index (χ0n) is 18.7. The monoisotopic (exact) mass is 424 g/mol. The van der Waals surface area contributed by atoms with Crippen LogP contribution in [-0.4, -0.2) is 15.0 Å². The highest BCUT2D eigenvalue weighted by Gasteiger charge is 2.13. The van der Waals surface area contributed by atoms with Gasteiger partial charge in [-0.25, -0.2) is 0 Å². The Labute approximate surface area is 180 Å². The van der Waals surface area contributed by atoms with Crippen LogP contribution in [0.1, 0.15) is 116 Å². The van der Waals surface area contributed by atoms with Crippen molar-refractivity contribution in [2.45, 2.75) is 121 Å². The lowest BCUT2D eigenvalue weighted by atomic mass is 10.0. The summed E-state index contributed by atoms with van der Waals surface area (Å²) in [5.41, 5.74) is 0. The van der Waals surface area contributed by atoms with Gasteiger partial charge in [-0.1, -0.05) is 128 Å². The molecule has 0 heterocycles. The molecule has 0 aliphatic carbocycles. The Kier molecular flexibility index (Phi) is 16.2. The Bertz CT molecular complexity index is 569. The molecule has 0 unspecified atom stereocenters. The topological polar surface area (TPSA) is 43.4 Å². The predicted molar refractivity (Wildman–Crippen MR) is 124 cm³/mol. The normalized spacial score (nSPS) is 11.8. The van der Waals surface area contributed by atoms with Gasteiger partial charge in [0.2, 0.25) is 0 Å². The lowest BCUT2D eigenvalue weighted by Gasteiger charge is -2.06. The molecule has 0 spiro atoms. The first-order chi connectivity index (χ1) is 14.2. The molecular weight excluding hydrogens is 380 g/mol. The van der Waals surface area contributed by atoms with E-state index >= 15 is 0 Å². The summed E-state index contributed by atoms with van der Waals surface area (Å²) in [5.74, 6) is 0. The fraction of sp³-hybridized carbons (Fsp3) is 0.760. The van der Waals surface area contributed by atoms with Crippen LogP contribution >= 0.6 is 0 Å². The van der Waals surface area contributed by atoms with Crippen LogP contribution in [0.25, 0.3) is 0 Å². The molecule has 3 nitrogen and oxygen atoms in total. The molecule has 0 amide bonds. The predicted octanol–water partition coefficient (Wildman–Crippen LogP) is 8.04. The highest BCUT2D eigenvalue weighted by molar-refractivity contribution is 7.86. The Balaban J connectivity index is 1.80. The molecule has 1 aromatic rings. The Hall–Kier alpha value is -0.870. The maximum Gasteiger partial charge on any atom is 0.296 e. The first kappa shape index (κ1) is 26.2. The van der Waals surface area contributed by atoms with Crippen molar-refractivity contribution < 1.29 is 12.6 Å². The van der Waals surface area contributed by atoms with Crippen molar-refractivity contribution in [2.24, 2.45) is 0 Å². The zero-order valence-corrected chi connectivity index (χ0v) is 19.6. The molecule has 29 heavy (non-hydrogen) atoms. The van der Waals surface area contributed by atoms with Crippen LogP contribution in [0.2, 0.25) is 0 Å². The Morgan fingerprint density at radius 2 is 0.966 bits per heavy atom. The Morgan fingerprint density at radius 3 is 1.38 bits per heavy atom. The smallest absolute Gasteiger partial charge is 0.266 e. The molecule has 1 rings (SSSR count). The first-order valence-electron chi connectivity index (χ1n) is 12.1. The number of unbranched alkanes of at least 4 members (excludes halogenated alkanes) is 16. The van der Waals surface area contributed by atoms with E-state index in [1.54, 1.807) is 30.3 Å². The minimum atomic E-state index is -3.58. The van der Waals surface area contributed by atoms with Crippen LogP contribution in [0, 0.1) is 0 Å². The van der Waals surface area contributed by atoms with Gasteiger partial charge in [0.15, 0.2) is 0 Å². The minimum absolute atomic E-state index is 0.243. The van der Waals surface area contributed by atoms with E-state index in [1.165, 1.54) is 96.3 Å². The summed E-state index contributed by atoms with van der Waals surface area (Å²) < 4.78 is 29.1. The molecule has 4 heteroatoms. The van der Waals surface area contributed by atoms with Gasteiger partial charge < -0.3 is 0 Å². The van der Waals surface area contributed by atoms with Crippen molar-refractivity contribution in [3.05, 3.63) is 30.3 Å². The maximum atomic E-state index is 12.0. The van der Waals surface area contributed by atoms with E-state index in [2.05, 4.69) is 6.92 Å². The summed E-state index contributed by atoms with van der Waals surface area (Å²) in [6, 6.07) is 8.38. The highest BCUT2D eigenvalue weighted by Crippen LogP contribution is 2.15. The largest absolute Gasteiger partial charge is 0.296 e. The number of rotatable bonds is 20. The van der Waals surface area contributed by atoms with Gasteiger partial charge in [0.05, 0.1) is 11.5 Å². The van der Waals surface area contributed by atoms with Crippen LogP contribution in [0.15, 0.2) is 35.2 Å². The number of benzene rings is 1. The van der Waals surface area contributed by atoms with Crippen LogP contribution in [0.5, 0.6) is 0 Å². The minimum Gasteiger partial charge on any atom is -0.266 e. The first-order valence-corrected chi connectivity index (χ1v) is 13.5. The molecule has 168 valence electrons. The summed E-state index contributed by atoms with van der Waals surface area (Å²) >= 11 is 0. The molecule has 0 saturated heterocycles. The second kappa shape index (κ2) is 17.9. The molecule has 0 aromatic heterocycles. The van der Waals surface area contributed by atoms with Crippen molar-refractivity contribution >= 4 is 10.1 Å². The SMILES string of the molecule is CCCCCCCCCCCCCCCCCCCOS(=O)(=O)c1ccccc1. The van der Waals surface area contributed by atoms with Gasteiger partial charge in [0, 0.05) is 0 Å². The van der Waals surface area contributed by atoms with Crippen molar-refractivity contribution in [2.75, 3.05) is 6.61 Å². The average molecular weight is 425 g/mol. The van der Waals surface area contributed by atoms with Crippen LogP contribution < -0.4 is 0 Å². The Morgan fingerprint density at radius 1 is 0.586 bits per heavy atom.